The number of carbonyl (C=O) groups is 2. The van der Waals surface area contributed by atoms with Crippen molar-refractivity contribution in [2.24, 2.45) is 0 Å². The van der Waals surface area contributed by atoms with Gasteiger partial charge in [0.2, 0.25) is 11.8 Å². The summed E-state index contributed by atoms with van der Waals surface area (Å²) in [6, 6.07) is 20.7. The highest BCUT2D eigenvalue weighted by molar-refractivity contribution is 5.87. The molecule has 1 fully saturated rings. The first-order chi connectivity index (χ1) is 17.2. The van der Waals surface area contributed by atoms with Gasteiger partial charge < -0.3 is 14.9 Å². The Morgan fingerprint density at radius 2 is 1.61 bits per heavy atom. The van der Waals surface area contributed by atoms with E-state index < -0.39 is 11.7 Å². The maximum absolute atomic E-state index is 13.2. The highest BCUT2D eigenvalue weighted by atomic mass is 19.4. The van der Waals surface area contributed by atoms with Gasteiger partial charge in [-0.1, -0.05) is 54.6 Å². The molecule has 0 spiro atoms. The highest BCUT2D eigenvalue weighted by Crippen LogP contribution is 2.30. The fourth-order valence-electron chi connectivity index (χ4n) is 4.45. The van der Waals surface area contributed by atoms with Crippen molar-refractivity contribution >= 4 is 11.8 Å². The summed E-state index contributed by atoms with van der Waals surface area (Å²) in [4.78, 5) is 29.3. The minimum atomic E-state index is -4.47. The molecule has 4 rings (SSSR count). The van der Waals surface area contributed by atoms with E-state index in [1.807, 2.05) is 30.3 Å². The SMILES string of the molecule is O=C(Cc1ccc(O)cc1)N1CC(=O)N(Cc2cccc(C(F)(F)F)c2)[C@@H](CCc2ccccc2)C1. The van der Waals surface area contributed by atoms with Crippen LogP contribution >= 0.6 is 0 Å². The molecule has 36 heavy (non-hydrogen) atoms. The smallest absolute Gasteiger partial charge is 0.416 e. The molecule has 0 aromatic heterocycles. The molecule has 1 heterocycles. The van der Waals surface area contributed by atoms with E-state index in [2.05, 4.69) is 0 Å². The first-order valence-corrected chi connectivity index (χ1v) is 11.7. The Balaban J connectivity index is 1.52. The minimum absolute atomic E-state index is 0.0439. The number of rotatable bonds is 7. The minimum Gasteiger partial charge on any atom is -0.508 e. The van der Waals surface area contributed by atoms with Gasteiger partial charge in [0.25, 0.3) is 0 Å². The largest absolute Gasteiger partial charge is 0.508 e. The standard InChI is InChI=1S/C28H27F3N2O3/c29-28(30,31)23-8-4-7-22(15-23)17-33-24(12-9-20-5-2-1-3-6-20)18-32(19-27(33)36)26(35)16-21-10-13-25(34)14-11-21/h1-8,10-11,13-15,24,34H,9,12,16-19H2/t24-/m0/s1. The van der Waals surface area contributed by atoms with Crippen LogP contribution in [0, 0.1) is 0 Å². The first-order valence-electron chi connectivity index (χ1n) is 11.7. The number of carbonyl (C=O) groups excluding carboxylic acids is 2. The Kier molecular flexibility index (Phi) is 7.62. The molecular weight excluding hydrogens is 469 g/mol. The lowest BCUT2D eigenvalue weighted by molar-refractivity contribution is -0.149. The lowest BCUT2D eigenvalue weighted by atomic mass is 9.99. The average molecular weight is 497 g/mol. The molecule has 0 saturated carbocycles. The van der Waals surface area contributed by atoms with E-state index in [0.717, 1.165) is 23.3 Å². The zero-order valence-electron chi connectivity index (χ0n) is 19.6. The summed E-state index contributed by atoms with van der Waals surface area (Å²) in [6.07, 6.45) is -3.14. The van der Waals surface area contributed by atoms with Gasteiger partial charge in [-0.2, -0.15) is 13.2 Å². The van der Waals surface area contributed by atoms with Gasteiger partial charge in [0.1, 0.15) is 5.75 Å². The van der Waals surface area contributed by atoms with Crippen molar-refractivity contribution in [3.63, 3.8) is 0 Å². The number of halogens is 3. The molecule has 1 N–H and O–H groups in total. The van der Waals surface area contributed by atoms with Crippen LogP contribution in [0.1, 0.15) is 28.7 Å². The van der Waals surface area contributed by atoms with Crippen LogP contribution < -0.4 is 0 Å². The Morgan fingerprint density at radius 3 is 2.31 bits per heavy atom. The van der Waals surface area contributed by atoms with E-state index in [1.165, 1.54) is 23.1 Å². The van der Waals surface area contributed by atoms with Gasteiger partial charge in [-0.05, 0) is 53.8 Å². The molecule has 0 radical (unpaired) electrons. The van der Waals surface area contributed by atoms with E-state index in [-0.39, 0.29) is 43.1 Å². The van der Waals surface area contributed by atoms with Crippen LogP contribution in [0.3, 0.4) is 0 Å². The van der Waals surface area contributed by atoms with Crippen molar-refractivity contribution in [3.05, 3.63) is 101 Å². The monoisotopic (exact) mass is 496 g/mol. The number of hydrogen-bond donors (Lipinski definition) is 1. The Hall–Kier alpha value is -3.81. The summed E-state index contributed by atoms with van der Waals surface area (Å²) in [5.41, 5.74) is 1.44. The predicted molar refractivity (Wildman–Crippen MR) is 129 cm³/mol. The lowest BCUT2D eigenvalue weighted by Gasteiger charge is -2.41. The van der Waals surface area contributed by atoms with E-state index in [0.29, 0.717) is 24.9 Å². The molecular formula is C28H27F3N2O3. The van der Waals surface area contributed by atoms with Crippen molar-refractivity contribution in [1.29, 1.82) is 0 Å². The topological polar surface area (TPSA) is 60.9 Å². The Bertz CT molecular complexity index is 1200. The number of alkyl halides is 3. The second-order valence-electron chi connectivity index (χ2n) is 9.02. The van der Waals surface area contributed by atoms with Gasteiger partial charge in [0, 0.05) is 13.1 Å². The third-order valence-corrected chi connectivity index (χ3v) is 6.38. The quantitative estimate of drug-likeness (QED) is 0.510. The van der Waals surface area contributed by atoms with E-state index >= 15 is 0 Å². The maximum atomic E-state index is 13.2. The zero-order chi connectivity index (χ0) is 25.7. The molecule has 5 nitrogen and oxygen atoms in total. The van der Waals surface area contributed by atoms with Crippen LogP contribution in [0.5, 0.6) is 5.75 Å². The molecule has 0 aliphatic carbocycles. The number of amides is 2. The van der Waals surface area contributed by atoms with Crippen LogP contribution in [-0.4, -0.2) is 45.9 Å². The lowest BCUT2D eigenvalue weighted by Crippen LogP contribution is -2.57. The van der Waals surface area contributed by atoms with Gasteiger partial charge in [0.05, 0.1) is 24.6 Å². The normalized spacial score (nSPS) is 16.3. The molecule has 8 heteroatoms. The van der Waals surface area contributed by atoms with E-state index in [9.17, 15) is 27.9 Å². The third-order valence-electron chi connectivity index (χ3n) is 6.38. The van der Waals surface area contributed by atoms with Crippen molar-refractivity contribution in [2.45, 2.75) is 38.0 Å². The number of phenolic OH excluding ortho intramolecular Hbond substituents is 1. The molecule has 2 amide bonds. The summed E-state index contributed by atoms with van der Waals surface area (Å²) in [7, 11) is 0. The number of aromatic hydroxyl groups is 1. The molecule has 3 aromatic carbocycles. The molecule has 0 bridgehead atoms. The summed E-state index contributed by atoms with van der Waals surface area (Å²) in [6.45, 7) is 0.217. The highest BCUT2D eigenvalue weighted by Gasteiger charge is 2.35. The van der Waals surface area contributed by atoms with Crippen LogP contribution in [0.15, 0.2) is 78.9 Å². The predicted octanol–water partition coefficient (Wildman–Crippen LogP) is 4.83. The number of phenols is 1. The van der Waals surface area contributed by atoms with Crippen molar-refractivity contribution < 1.29 is 27.9 Å². The second kappa shape index (κ2) is 10.8. The number of benzene rings is 3. The number of hydrogen-bond acceptors (Lipinski definition) is 3. The van der Waals surface area contributed by atoms with Crippen molar-refractivity contribution in [2.75, 3.05) is 13.1 Å². The molecule has 0 unspecified atom stereocenters. The maximum Gasteiger partial charge on any atom is 0.416 e. The molecule has 3 aromatic rings. The van der Waals surface area contributed by atoms with Gasteiger partial charge >= 0.3 is 6.18 Å². The fourth-order valence-corrected chi connectivity index (χ4v) is 4.45. The number of aryl methyl sites for hydroxylation is 1. The van der Waals surface area contributed by atoms with Gasteiger partial charge in [0.15, 0.2) is 0 Å². The van der Waals surface area contributed by atoms with Crippen molar-refractivity contribution in [1.82, 2.24) is 9.80 Å². The van der Waals surface area contributed by atoms with Gasteiger partial charge in [-0.15, -0.1) is 0 Å². The van der Waals surface area contributed by atoms with Crippen LogP contribution in [0.2, 0.25) is 0 Å². The summed E-state index contributed by atoms with van der Waals surface area (Å²) >= 11 is 0. The molecule has 1 aliphatic heterocycles. The van der Waals surface area contributed by atoms with Crippen LogP contribution in [0.25, 0.3) is 0 Å². The van der Waals surface area contributed by atoms with Gasteiger partial charge in [-0.3, -0.25) is 9.59 Å². The Labute approximate surface area is 207 Å². The van der Waals surface area contributed by atoms with Gasteiger partial charge in [-0.25, -0.2) is 0 Å². The third kappa shape index (κ3) is 6.44. The summed E-state index contributed by atoms with van der Waals surface area (Å²) in [5.74, 6) is -0.404. The number of piperazine rings is 1. The van der Waals surface area contributed by atoms with Crippen molar-refractivity contribution in [3.8, 4) is 5.75 Å². The first kappa shape index (κ1) is 25.3. The number of nitrogens with zero attached hydrogens (tertiary/aromatic N) is 2. The average Bonchev–Trinajstić information content (AvgIpc) is 2.86. The summed E-state index contributed by atoms with van der Waals surface area (Å²) < 4.78 is 39.6. The second-order valence-corrected chi connectivity index (χ2v) is 9.02. The zero-order valence-corrected chi connectivity index (χ0v) is 19.6. The van der Waals surface area contributed by atoms with Crippen LogP contribution in [-0.2, 0) is 35.2 Å². The van der Waals surface area contributed by atoms with E-state index in [1.54, 1.807) is 23.1 Å². The molecule has 1 saturated heterocycles. The fraction of sp³-hybridized carbons (Fsp3) is 0.286. The Morgan fingerprint density at radius 1 is 0.917 bits per heavy atom. The van der Waals surface area contributed by atoms with E-state index in [4.69, 9.17) is 0 Å². The molecule has 1 aliphatic rings. The molecule has 1 atom stereocenters. The summed E-state index contributed by atoms with van der Waals surface area (Å²) in [5, 5.41) is 9.47. The van der Waals surface area contributed by atoms with Crippen LogP contribution in [0.4, 0.5) is 13.2 Å². The molecule has 188 valence electrons.